The average molecular weight is 350 g/mol. The SMILES string of the molecule is CCOC(=O)CSC1=NC(=Cc2cnn(C)c2)C(=O)N1CC(C)C. The molecular formula is C16H22N4O3S. The Morgan fingerprint density at radius 2 is 2.21 bits per heavy atom. The predicted molar refractivity (Wildman–Crippen MR) is 94.3 cm³/mol. The molecule has 0 unspecified atom stereocenters. The molecule has 1 aromatic heterocycles. The summed E-state index contributed by atoms with van der Waals surface area (Å²) in [5.74, 6) is -0.0415. The number of amidine groups is 1. The number of nitrogens with zero attached hydrogens (tertiary/aromatic N) is 4. The van der Waals surface area contributed by atoms with Crippen LogP contribution in [0.5, 0.6) is 0 Å². The number of esters is 1. The van der Waals surface area contributed by atoms with E-state index in [1.54, 1.807) is 28.8 Å². The molecular weight excluding hydrogens is 328 g/mol. The van der Waals surface area contributed by atoms with E-state index in [9.17, 15) is 9.59 Å². The maximum atomic E-state index is 12.6. The summed E-state index contributed by atoms with van der Waals surface area (Å²) in [7, 11) is 1.81. The Kier molecular flexibility index (Phi) is 6.19. The number of aliphatic imine (C=N–C) groups is 1. The van der Waals surface area contributed by atoms with Crippen LogP contribution in [0, 0.1) is 5.92 Å². The predicted octanol–water partition coefficient (Wildman–Crippen LogP) is 1.91. The molecule has 0 atom stereocenters. The number of hydrogen-bond acceptors (Lipinski definition) is 6. The third-order valence-electron chi connectivity index (χ3n) is 3.11. The molecule has 1 amide bonds. The molecule has 130 valence electrons. The molecule has 2 rings (SSSR count). The van der Waals surface area contributed by atoms with Crippen molar-refractivity contribution in [3.63, 3.8) is 0 Å². The molecule has 0 saturated carbocycles. The van der Waals surface area contributed by atoms with Gasteiger partial charge in [-0.05, 0) is 18.9 Å². The number of carbonyl (C=O) groups excluding carboxylic acids is 2. The standard InChI is InChI=1S/C16H22N4O3S/c1-5-23-14(21)10-24-16-18-13(6-12-7-17-19(4)9-12)15(22)20(16)8-11(2)3/h6-7,9,11H,5,8,10H2,1-4H3. The van der Waals surface area contributed by atoms with Crippen LogP contribution in [-0.4, -0.2) is 50.6 Å². The van der Waals surface area contributed by atoms with E-state index >= 15 is 0 Å². The van der Waals surface area contributed by atoms with E-state index < -0.39 is 0 Å². The average Bonchev–Trinajstić information content (AvgIpc) is 3.04. The fourth-order valence-corrected chi connectivity index (χ4v) is 2.97. The first-order chi connectivity index (χ1) is 11.4. The Labute approximate surface area is 145 Å². The zero-order valence-electron chi connectivity index (χ0n) is 14.4. The molecule has 8 heteroatoms. The van der Waals surface area contributed by atoms with Crippen molar-refractivity contribution in [1.29, 1.82) is 0 Å². The van der Waals surface area contributed by atoms with Crippen LogP contribution < -0.4 is 0 Å². The summed E-state index contributed by atoms with van der Waals surface area (Å²) < 4.78 is 6.59. The highest BCUT2D eigenvalue weighted by Gasteiger charge is 2.31. The van der Waals surface area contributed by atoms with Crippen molar-refractivity contribution in [2.24, 2.45) is 18.0 Å². The number of aryl methyl sites for hydroxylation is 1. The van der Waals surface area contributed by atoms with Crippen LogP contribution in [0.2, 0.25) is 0 Å². The van der Waals surface area contributed by atoms with Gasteiger partial charge in [-0.15, -0.1) is 0 Å². The lowest BCUT2D eigenvalue weighted by Crippen LogP contribution is -2.34. The molecule has 0 aromatic carbocycles. The monoisotopic (exact) mass is 350 g/mol. The van der Waals surface area contributed by atoms with Crippen LogP contribution in [0.4, 0.5) is 0 Å². The van der Waals surface area contributed by atoms with Gasteiger partial charge in [-0.25, -0.2) is 4.99 Å². The minimum Gasteiger partial charge on any atom is -0.465 e. The summed E-state index contributed by atoms with van der Waals surface area (Å²) in [4.78, 5) is 30.2. The highest BCUT2D eigenvalue weighted by Crippen LogP contribution is 2.25. The zero-order valence-corrected chi connectivity index (χ0v) is 15.2. The summed E-state index contributed by atoms with van der Waals surface area (Å²) in [6, 6.07) is 0. The van der Waals surface area contributed by atoms with Crippen LogP contribution in [0.25, 0.3) is 6.08 Å². The van der Waals surface area contributed by atoms with Crippen molar-refractivity contribution < 1.29 is 14.3 Å². The summed E-state index contributed by atoms with van der Waals surface area (Å²) >= 11 is 1.22. The summed E-state index contributed by atoms with van der Waals surface area (Å²) in [5, 5.41) is 4.62. The Balaban J connectivity index is 2.18. The first-order valence-corrected chi connectivity index (χ1v) is 8.78. The van der Waals surface area contributed by atoms with Gasteiger partial charge >= 0.3 is 5.97 Å². The van der Waals surface area contributed by atoms with Crippen LogP contribution in [0.15, 0.2) is 23.1 Å². The van der Waals surface area contributed by atoms with Gasteiger partial charge in [0.2, 0.25) is 0 Å². The second-order valence-corrected chi connectivity index (χ2v) is 6.72. The van der Waals surface area contributed by atoms with E-state index in [4.69, 9.17) is 4.74 Å². The molecule has 0 N–H and O–H groups in total. The molecule has 0 aliphatic carbocycles. The van der Waals surface area contributed by atoms with E-state index in [2.05, 4.69) is 10.1 Å². The van der Waals surface area contributed by atoms with E-state index in [1.165, 1.54) is 11.8 Å². The fraction of sp³-hybridized carbons (Fsp3) is 0.500. The number of hydrogen-bond donors (Lipinski definition) is 0. The third-order valence-corrected chi connectivity index (χ3v) is 4.06. The first kappa shape index (κ1) is 18.3. The third kappa shape index (κ3) is 4.70. The normalized spacial score (nSPS) is 16.2. The zero-order chi connectivity index (χ0) is 17.7. The van der Waals surface area contributed by atoms with Gasteiger partial charge in [0.15, 0.2) is 5.17 Å². The minimum absolute atomic E-state index is 0.134. The van der Waals surface area contributed by atoms with Crippen molar-refractivity contribution in [2.45, 2.75) is 20.8 Å². The van der Waals surface area contributed by atoms with E-state index in [1.807, 2.05) is 27.1 Å². The van der Waals surface area contributed by atoms with Crippen LogP contribution in [-0.2, 0) is 21.4 Å². The quantitative estimate of drug-likeness (QED) is 0.579. The summed E-state index contributed by atoms with van der Waals surface area (Å²) in [6.07, 6.45) is 5.19. The molecule has 0 spiro atoms. The highest BCUT2D eigenvalue weighted by molar-refractivity contribution is 8.14. The van der Waals surface area contributed by atoms with Crippen molar-refractivity contribution >= 4 is 34.9 Å². The van der Waals surface area contributed by atoms with E-state index in [-0.39, 0.29) is 17.6 Å². The van der Waals surface area contributed by atoms with Gasteiger partial charge in [0.1, 0.15) is 5.70 Å². The summed E-state index contributed by atoms with van der Waals surface area (Å²) in [6.45, 7) is 6.72. The Hall–Kier alpha value is -2.09. The Morgan fingerprint density at radius 1 is 1.46 bits per heavy atom. The number of thioether (sulfide) groups is 1. The van der Waals surface area contributed by atoms with Gasteiger partial charge in [0.25, 0.3) is 5.91 Å². The van der Waals surface area contributed by atoms with Crippen molar-refractivity contribution in [1.82, 2.24) is 14.7 Å². The van der Waals surface area contributed by atoms with Crippen LogP contribution in [0.3, 0.4) is 0 Å². The minimum atomic E-state index is -0.313. The van der Waals surface area contributed by atoms with Gasteiger partial charge < -0.3 is 4.74 Å². The second-order valence-electron chi connectivity index (χ2n) is 5.77. The molecule has 0 fully saturated rings. The number of amides is 1. The van der Waals surface area contributed by atoms with Gasteiger partial charge in [-0.3, -0.25) is 19.2 Å². The first-order valence-electron chi connectivity index (χ1n) is 7.80. The van der Waals surface area contributed by atoms with Crippen molar-refractivity contribution in [3.8, 4) is 0 Å². The maximum Gasteiger partial charge on any atom is 0.316 e. The van der Waals surface area contributed by atoms with Gasteiger partial charge in [-0.2, -0.15) is 5.10 Å². The molecule has 0 bridgehead atoms. The number of ether oxygens (including phenoxy) is 1. The largest absolute Gasteiger partial charge is 0.465 e. The highest BCUT2D eigenvalue weighted by atomic mass is 32.2. The van der Waals surface area contributed by atoms with Crippen molar-refractivity contribution in [3.05, 3.63) is 23.7 Å². The van der Waals surface area contributed by atoms with Gasteiger partial charge in [-0.1, -0.05) is 25.6 Å². The molecule has 1 aliphatic heterocycles. The van der Waals surface area contributed by atoms with Crippen molar-refractivity contribution in [2.75, 3.05) is 18.9 Å². The number of carbonyl (C=O) groups is 2. The lowest BCUT2D eigenvalue weighted by atomic mass is 10.2. The topological polar surface area (TPSA) is 76.8 Å². The second kappa shape index (κ2) is 8.14. The van der Waals surface area contributed by atoms with Gasteiger partial charge in [0, 0.05) is 25.4 Å². The Bertz CT molecular complexity index is 679. The van der Waals surface area contributed by atoms with E-state index in [0.29, 0.717) is 29.9 Å². The number of rotatable bonds is 6. The molecule has 24 heavy (non-hydrogen) atoms. The van der Waals surface area contributed by atoms with Crippen LogP contribution >= 0.6 is 11.8 Å². The Morgan fingerprint density at radius 3 is 2.79 bits per heavy atom. The van der Waals surface area contributed by atoms with Crippen LogP contribution in [0.1, 0.15) is 26.3 Å². The molecule has 7 nitrogen and oxygen atoms in total. The van der Waals surface area contributed by atoms with Gasteiger partial charge in [0.05, 0.1) is 18.6 Å². The molecule has 2 heterocycles. The maximum absolute atomic E-state index is 12.6. The number of aromatic nitrogens is 2. The fourth-order valence-electron chi connectivity index (χ4n) is 2.17. The molecule has 1 aliphatic rings. The lowest BCUT2D eigenvalue weighted by molar-refractivity contribution is -0.139. The molecule has 0 radical (unpaired) electrons. The molecule has 0 saturated heterocycles. The van der Waals surface area contributed by atoms with E-state index in [0.717, 1.165) is 5.56 Å². The summed E-state index contributed by atoms with van der Waals surface area (Å²) in [5.41, 5.74) is 1.17. The lowest BCUT2D eigenvalue weighted by Gasteiger charge is -2.19. The smallest absolute Gasteiger partial charge is 0.316 e. The molecule has 1 aromatic rings.